The van der Waals surface area contributed by atoms with Crippen molar-refractivity contribution in [1.82, 2.24) is 14.9 Å². The van der Waals surface area contributed by atoms with E-state index in [-0.39, 0.29) is 35.7 Å². The number of hydrogen-bond donors (Lipinski definition) is 1. The first-order valence-corrected chi connectivity index (χ1v) is 14.1. The van der Waals surface area contributed by atoms with Gasteiger partial charge in [-0.25, -0.2) is 5.06 Å². The van der Waals surface area contributed by atoms with Gasteiger partial charge in [0.05, 0.1) is 25.7 Å². The zero-order chi connectivity index (χ0) is 27.4. The molecular weight excluding hydrogens is 486 g/mol. The van der Waals surface area contributed by atoms with E-state index >= 15 is 0 Å². The predicted octanol–water partition coefficient (Wildman–Crippen LogP) is 3.32. The molecule has 3 aliphatic rings. The number of likely N-dealkylation sites (tertiary alicyclic amines) is 2. The van der Waals surface area contributed by atoms with Crippen LogP contribution in [-0.4, -0.2) is 89.7 Å². The number of aliphatic carboxylic acids is 1. The smallest absolute Gasteiger partial charge is 0.308 e. The van der Waals surface area contributed by atoms with Gasteiger partial charge in [0.1, 0.15) is 5.75 Å². The highest BCUT2D eigenvalue weighted by Gasteiger charge is 2.48. The van der Waals surface area contributed by atoms with Gasteiger partial charge in [0.2, 0.25) is 5.91 Å². The Labute approximate surface area is 226 Å². The Bertz CT molecular complexity index is 1030. The molecule has 3 aliphatic heterocycles. The molecule has 9 nitrogen and oxygen atoms in total. The van der Waals surface area contributed by atoms with Gasteiger partial charge in [0.15, 0.2) is 0 Å². The third kappa shape index (κ3) is 5.99. The molecule has 2 saturated heterocycles. The van der Waals surface area contributed by atoms with Crippen LogP contribution in [0.2, 0.25) is 0 Å². The normalized spacial score (nSPS) is 24.5. The second-order valence-corrected chi connectivity index (χ2v) is 11.5. The monoisotopic (exact) mass is 529 g/mol. The maximum Gasteiger partial charge on any atom is 0.308 e. The van der Waals surface area contributed by atoms with Crippen LogP contribution in [0.15, 0.2) is 18.2 Å². The molecule has 0 aromatic heterocycles. The van der Waals surface area contributed by atoms with Crippen LogP contribution in [0.25, 0.3) is 0 Å². The standard InChI is InChI=1S/C29H43N3O6/c1-5-12-32(38-15-6-2)25(33)19-31-18-22(20-7-8-24-21(17-20)10-16-37-24)26(27(34)35)23(31)9-13-30-14-11-29(3,4)28(30)36/h7-8,17,22-23,26H,5-6,9-16,18-19H2,1-4H3,(H,34,35)/t22-,23+,26?/m1/s1. The second kappa shape index (κ2) is 12.0. The predicted molar refractivity (Wildman–Crippen MR) is 143 cm³/mol. The first-order valence-electron chi connectivity index (χ1n) is 14.1. The Morgan fingerprint density at radius 2 is 2.03 bits per heavy atom. The van der Waals surface area contributed by atoms with Gasteiger partial charge >= 0.3 is 5.97 Å². The zero-order valence-corrected chi connectivity index (χ0v) is 23.3. The lowest BCUT2D eigenvalue weighted by molar-refractivity contribution is -0.188. The summed E-state index contributed by atoms with van der Waals surface area (Å²) in [6, 6.07) is 5.60. The molecular formula is C29H43N3O6. The maximum atomic E-state index is 13.3. The SMILES string of the molecule is CCCON(CCC)C(=O)CN1C[C@H](c2ccc3c(c2)CCO3)C(C(=O)O)[C@@H]1CCN1CCC(C)(C)C1=O. The Morgan fingerprint density at radius 3 is 2.68 bits per heavy atom. The van der Waals surface area contributed by atoms with Crippen molar-refractivity contribution in [3.05, 3.63) is 29.3 Å². The Morgan fingerprint density at radius 1 is 1.24 bits per heavy atom. The van der Waals surface area contributed by atoms with Crippen molar-refractivity contribution in [3.63, 3.8) is 0 Å². The van der Waals surface area contributed by atoms with Gasteiger partial charge in [-0.2, -0.15) is 0 Å². The number of nitrogens with zero attached hydrogens (tertiary/aromatic N) is 3. The minimum Gasteiger partial charge on any atom is -0.493 e. The number of fused-ring (bicyclic) bond motifs is 1. The summed E-state index contributed by atoms with van der Waals surface area (Å²) >= 11 is 0. The third-order valence-electron chi connectivity index (χ3n) is 8.24. The molecule has 2 amide bonds. The number of hydroxylamine groups is 2. The van der Waals surface area contributed by atoms with Crippen LogP contribution in [0.4, 0.5) is 0 Å². The molecule has 9 heteroatoms. The van der Waals surface area contributed by atoms with Crippen molar-refractivity contribution >= 4 is 17.8 Å². The van der Waals surface area contributed by atoms with Crippen LogP contribution in [0.1, 0.15) is 70.4 Å². The highest BCUT2D eigenvalue weighted by Crippen LogP contribution is 2.41. The summed E-state index contributed by atoms with van der Waals surface area (Å²) in [5.41, 5.74) is 1.68. The van der Waals surface area contributed by atoms with E-state index in [1.807, 2.05) is 49.6 Å². The quantitative estimate of drug-likeness (QED) is 0.415. The molecule has 1 unspecified atom stereocenters. The highest BCUT2D eigenvalue weighted by atomic mass is 16.7. The van der Waals surface area contributed by atoms with E-state index < -0.39 is 11.9 Å². The number of ether oxygens (including phenoxy) is 1. The zero-order valence-electron chi connectivity index (χ0n) is 23.3. The highest BCUT2D eigenvalue weighted by molar-refractivity contribution is 5.84. The molecule has 3 heterocycles. The number of carbonyl (C=O) groups is 3. The van der Waals surface area contributed by atoms with Crippen LogP contribution in [0.3, 0.4) is 0 Å². The largest absolute Gasteiger partial charge is 0.493 e. The summed E-state index contributed by atoms with van der Waals surface area (Å²) in [6.45, 7) is 11.2. The van der Waals surface area contributed by atoms with Crippen LogP contribution in [0.5, 0.6) is 5.75 Å². The molecule has 0 aliphatic carbocycles. The molecule has 210 valence electrons. The summed E-state index contributed by atoms with van der Waals surface area (Å²) in [5, 5.41) is 11.9. The van der Waals surface area contributed by atoms with Gasteiger partial charge in [-0.1, -0.05) is 39.8 Å². The maximum absolute atomic E-state index is 13.3. The van der Waals surface area contributed by atoms with Gasteiger partial charge in [-0.05, 0) is 42.9 Å². The molecule has 2 fully saturated rings. The number of carboxylic acid groups (broad SMARTS) is 1. The van der Waals surface area contributed by atoms with Gasteiger partial charge in [-0.3, -0.25) is 24.1 Å². The van der Waals surface area contributed by atoms with Gasteiger partial charge in [0, 0.05) is 50.0 Å². The fourth-order valence-corrected chi connectivity index (χ4v) is 6.10. The van der Waals surface area contributed by atoms with Crippen LogP contribution in [-0.2, 0) is 25.6 Å². The van der Waals surface area contributed by atoms with Crippen molar-refractivity contribution in [1.29, 1.82) is 0 Å². The number of amides is 2. The van der Waals surface area contributed by atoms with Crippen molar-refractivity contribution in [3.8, 4) is 5.75 Å². The van der Waals surface area contributed by atoms with Gasteiger partial charge in [0.25, 0.3) is 5.91 Å². The fourth-order valence-electron chi connectivity index (χ4n) is 6.10. The van der Waals surface area contributed by atoms with Gasteiger partial charge in [-0.15, -0.1) is 0 Å². The Kier molecular flexibility index (Phi) is 8.98. The summed E-state index contributed by atoms with van der Waals surface area (Å²) < 4.78 is 5.66. The number of carboxylic acids is 1. The van der Waals surface area contributed by atoms with Crippen molar-refractivity contribution < 1.29 is 29.1 Å². The molecule has 0 bridgehead atoms. The third-order valence-corrected chi connectivity index (χ3v) is 8.24. The number of carbonyl (C=O) groups excluding carboxylic acids is 2. The summed E-state index contributed by atoms with van der Waals surface area (Å²) in [7, 11) is 0. The lowest BCUT2D eigenvalue weighted by Crippen LogP contribution is -2.45. The van der Waals surface area contributed by atoms with Gasteiger partial charge < -0.3 is 14.7 Å². The fraction of sp³-hybridized carbons (Fsp3) is 0.690. The molecule has 0 spiro atoms. The number of benzene rings is 1. The molecule has 3 atom stereocenters. The van der Waals surface area contributed by atoms with E-state index in [0.717, 1.165) is 42.6 Å². The summed E-state index contributed by atoms with van der Waals surface area (Å²) in [6.07, 6.45) is 3.67. The van der Waals surface area contributed by atoms with E-state index in [2.05, 4.69) is 6.07 Å². The first-order chi connectivity index (χ1) is 18.2. The summed E-state index contributed by atoms with van der Waals surface area (Å²) in [5.74, 6) is -1.01. The lowest BCUT2D eigenvalue weighted by atomic mass is 9.83. The lowest BCUT2D eigenvalue weighted by Gasteiger charge is -2.30. The van der Waals surface area contributed by atoms with E-state index in [4.69, 9.17) is 9.57 Å². The van der Waals surface area contributed by atoms with E-state index in [0.29, 0.717) is 45.8 Å². The molecule has 4 rings (SSSR count). The Hall–Kier alpha value is -2.65. The van der Waals surface area contributed by atoms with Crippen molar-refractivity contribution in [2.75, 3.05) is 45.9 Å². The number of hydrogen-bond acceptors (Lipinski definition) is 6. The minimum absolute atomic E-state index is 0.0855. The molecule has 0 radical (unpaired) electrons. The summed E-state index contributed by atoms with van der Waals surface area (Å²) in [4.78, 5) is 48.6. The van der Waals surface area contributed by atoms with Crippen LogP contribution < -0.4 is 4.74 Å². The van der Waals surface area contributed by atoms with Crippen LogP contribution in [0, 0.1) is 11.3 Å². The van der Waals surface area contributed by atoms with Crippen molar-refractivity contribution in [2.24, 2.45) is 11.3 Å². The molecule has 1 aromatic carbocycles. The second-order valence-electron chi connectivity index (χ2n) is 11.5. The van der Waals surface area contributed by atoms with E-state index in [9.17, 15) is 19.5 Å². The van der Waals surface area contributed by atoms with E-state index in [1.165, 1.54) is 5.06 Å². The molecule has 38 heavy (non-hydrogen) atoms. The first kappa shape index (κ1) is 28.4. The molecule has 0 saturated carbocycles. The Balaban J connectivity index is 1.58. The average Bonchev–Trinajstić information content (AvgIpc) is 3.56. The topological polar surface area (TPSA) is 99.6 Å². The molecule has 1 N–H and O–H groups in total. The van der Waals surface area contributed by atoms with Crippen molar-refractivity contribution in [2.45, 2.75) is 71.8 Å². The molecule has 1 aromatic rings. The average molecular weight is 530 g/mol. The number of rotatable bonds is 12. The minimum atomic E-state index is -0.868. The van der Waals surface area contributed by atoms with Crippen LogP contribution >= 0.6 is 0 Å². The van der Waals surface area contributed by atoms with E-state index in [1.54, 1.807) is 0 Å².